The Kier molecular flexibility index (Phi) is 3.84. The molecule has 6 nitrogen and oxygen atoms in total. The van der Waals surface area contributed by atoms with E-state index in [-0.39, 0.29) is 5.91 Å². The van der Waals surface area contributed by atoms with Crippen molar-refractivity contribution in [3.63, 3.8) is 0 Å². The summed E-state index contributed by atoms with van der Waals surface area (Å²) in [5.74, 6) is -0.174. The predicted octanol–water partition coefficient (Wildman–Crippen LogP) is 0.156. The smallest absolute Gasteiger partial charge is 0.242 e. The summed E-state index contributed by atoms with van der Waals surface area (Å²) < 4.78 is 1.65. The van der Waals surface area contributed by atoms with Gasteiger partial charge in [0.2, 0.25) is 5.91 Å². The number of hydrogen-bond donors (Lipinski definition) is 2. The minimum atomic E-state index is -0.592. The van der Waals surface area contributed by atoms with Crippen LogP contribution in [0.15, 0.2) is 29.9 Å². The lowest BCUT2D eigenvalue weighted by Crippen LogP contribution is -2.35. The molecule has 0 fully saturated rings. The van der Waals surface area contributed by atoms with Gasteiger partial charge in [0.25, 0.3) is 0 Å². The highest BCUT2D eigenvalue weighted by molar-refractivity contribution is 7.10. The average molecular weight is 251 g/mol. The zero-order valence-electron chi connectivity index (χ0n) is 9.11. The fraction of sp³-hybridized carbons (Fsp3) is 0.300. The maximum absolute atomic E-state index is 11.7. The summed E-state index contributed by atoms with van der Waals surface area (Å²) in [5.41, 5.74) is 5.81. The van der Waals surface area contributed by atoms with Gasteiger partial charge < -0.3 is 11.1 Å². The summed E-state index contributed by atoms with van der Waals surface area (Å²) in [7, 11) is 0. The third kappa shape index (κ3) is 3.11. The number of aromatic nitrogens is 3. The first-order chi connectivity index (χ1) is 8.27. The van der Waals surface area contributed by atoms with E-state index in [2.05, 4.69) is 15.6 Å². The molecule has 1 amide bonds. The Morgan fingerprint density at radius 3 is 3.18 bits per heavy atom. The Morgan fingerprint density at radius 2 is 2.53 bits per heavy atom. The predicted molar refractivity (Wildman–Crippen MR) is 64.3 cm³/mol. The molecule has 0 spiro atoms. The van der Waals surface area contributed by atoms with Crippen molar-refractivity contribution in [3.05, 3.63) is 34.8 Å². The molecule has 2 aromatic heterocycles. The van der Waals surface area contributed by atoms with Crippen LogP contribution < -0.4 is 11.1 Å². The SMILES string of the molecule is NC(C(=O)NCCn1ccnn1)c1cccs1. The molecule has 0 aliphatic carbocycles. The van der Waals surface area contributed by atoms with Gasteiger partial charge in [-0.05, 0) is 11.4 Å². The summed E-state index contributed by atoms with van der Waals surface area (Å²) >= 11 is 1.48. The molecule has 90 valence electrons. The number of nitrogens with zero attached hydrogens (tertiary/aromatic N) is 3. The Hall–Kier alpha value is -1.73. The van der Waals surface area contributed by atoms with Gasteiger partial charge in [-0.3, -0.25) is 9.48 Å². The number of hydrogen-bond acceptors (Lipinski definition) is 5. The van der Waals surface area contributed by atoms with Gasteiger partial charge in [0.1, 0.15) is 6.04 Å². The van der Waals surface area contributed by atoms with Crippen molar-refractivity contribution in [2.75, 3.05) is 6.54 Å². The Morgan fingerprint density at radius 1 is 1.65 bits per heavy atom. The second kappa shape index (κ2) is 5.55. The van der Waals surface area contributed by atoms with Crippen LogP contribution in [0.2, 0.25) is 0 Å². The van der Waals surface area contributed by atoms with Crippen LogP contribution in [0.5, 0.6) is 0 Å². The minimum absolute atomic E-state index is 0.174. The first-order valence-electron chi connectivity index (χ1n) is 5.18. The Balaban J connectivity index is 1.77. The molecule has 7 heteroatoms. The third-order valence-electron chi connectivity index (χ3n) is 2.24. The van der Waals surface area contributed by atoms with Crippen molar-refractivity contribution in [2.45, 2.75) is 12.6 Å². The lowest BCUT2D eigenvalue weighted by Gasteiger charge is -2.10. The highest BCUT2D eigenvalue weighted by atomic mass is 32.1. The van der Waals surface area contributed by atoms with Crippen LogP contribution in [0.4, 0.5) is 0 Å². The summed E-state index contributed by atoms with van der Waals surface area (Å²) in [4.78, 5) is 12.6. The van der Waals surface area contributed by atoms with E-state index in [0.29, 0.717) is 13.1 Å². The molecular weight excluding hydrogens is 238 g/mol. The van der Waals surface area contributed by atoms with Gasteiger partial charge in [-0.15, -0.1) is 16.4 Å². The van der Waals surface area contributed by atoms with E-state index in [1.165, 1.54) is 11.3 Å². The molecule has 0 saturated carbocycles. The number of rotatable bonds is 5. The van der Waals surface area contributed by atoms with E-state index in [0.717, 1.165) is 4.88 Å². The number of nitrogens with one attached hydrogen (secondary N) is 1. The van der Waals surface area contributed by atoms with Gasteiger partial charge in [0.15, 0.2) is 0 Å². The molecular formula is C10H13N5OS. The lowest BCUT2D eigenvalue weighted by atomic mass is 10.2. The zero-order chi connectivity index (χ0) is 12.1. The quantitative estimate of drug-likeness (QED) is 0.792. The van der Waals surface area contributed by atoms with Crippen LogP contribution in [-0.2, 0) is 11.3 Å². The number of carbonyl (C=O) groups is 1. The lowest BCUT2D eigenvalue weighted by molar-refractivity contribution is -0.122. The largest absolute Gasteiger partial charge is 0.353 e. The molecule has 1 unspecified atom stereocenters. The van der Waals surface area contributed by atoms with Crippen molar-refractivity contribution < 1.29 is 4.79 Å². The van der Waals surface area contributed by atoms with Crippen LogP contribution in [0.25, 0.3) is 0 Å². The maximum atomic E-state index is 11.7. The monoisotopic (exact) mass is 251 g/mol. The minimum Gasteiger partial charge on any atom is -0.353 e. The van der Waals surface area contributed by atoms with Gasteiger partial charge in [-0.2, -0.15) is 0 Å². The fourth-order valence-corrected chi connectivity index (χ4v) is 2.08. The Bertz CT molecular complexity index is 453. The molecule has 0 aliphatic rings. The maximum Gasteiger partial charge on any atom is 0.242 e. The fourth-order valence-electron chi connectivity index (χ4n) is 1.35. The van der Waals surface area contributed by atoms with Gasteiger partial charge in [0, 0.05) is 17.6 Å². The van der Waals surface area contributed by atoms with Crippen LogP contribution >= 0.6 is 11.3 Å². The van der Waals surface area contributed by atoms with Gasteiger partial charge >= 0.3 is 0 Å². The third-order valence-corrected chi connectivity index (χ3v) is 3.20. The number of amides is 1. The molecule has 0 aromatic carbocycles. The topological polar surface area (TPSA) is 85.8 Å². The molecule has 0 radical (unpaired) electrons. The number of thiophene rings is 1. The van der Waals surface area contributed by atoms with Crippen molar-refractivity contribution in [2.24, 2.45) is 5.73 Å². The summed E-state index contributed by atoms with van der Waals surface area (Å²) in [5, 5.41) is 12.1. The number of nitrogens with two attached hydrogens (primary N) is 1. The summed E-state index contributed by atoms with van der Waals surface area (Å²) in [6.45, 7) is 1.07. The normalized spacial score (nSPS) is 12.3. The Labute approximate surface area is 102 Å². The average Bonchev–Trinajstić information content (AvgIpc) is 3.00. The number of carbonyl (C=O) groups excluding carboxylic acids is 1. The van der Waals surface area contributed by atoms with Crippen molar-refractivity contribution in [1.29, 1.82) is 0 Å². The van der Waals surface area contributed by atoms with E-state index in [1.807, 2.05) is 17.5 Å². The highest BCUT2D eigenvalue weighted by Crippen LogP contribution is 2.16. The highest BCUT2D eigenvalue weighted by Gasteiger charge is 2.15. The van der Waals surface area contributed by atoms with Crippen molar-refractivity contribution >= 4 is 17.2 Å². The molecule has 3 N–H and O–H groups in total. The molecule has 0 bridgehead atoms. The molecule has 0 saturated heterocycles. The molecule has 0 aliphatic heterocycles. The summed E-state index contributed by atoms with van der Waals surface area (Å²) in [6.07, 6.45) is 3.34. The van der Waals surface area contributed by atoms with Crippen molar-refractivity contribution in [3.8, 4) is 0 Å². The van der Waals surface area contributed by atoms with Crippen LogP contribution in [-0.4, -0.2) is 27.4 Å². The first kappa shape index (κ1) is 11.7. The van der Waals surface area contributed by atoms with E-state index < -0.39 is 6.04 Å². The molecule has 2 aromatic rings. The molecule has 1 atom stereocenters. The second-order valence-corrected chi connectivity index (χ2v) is 4.43. The molecule has 2 rings (SSSR count). The molecule has 2 heterocycles. The second-order valence-electron chi connectivity index (χ2n) is 3.45. The van der Waals surface area contributed by atoms with E-state index in [1.54, 1.807) is 17.1 Å². The van der Waals surface area contributed by atoms with Gasteiger partial charge in [-0.1, -0.05) is 11.3 Å². The standard InChI is InChI=1S/C10H13N5OS/c11-9(8-2-1-7-17-8)10(16)12-3-5-15-6-4-13-14-15/h1-2,4,6-7,9H,3,5,11H2,(H,12,16). The molecule has 17 heavy (non-hydrogen) atoms. The van der Waals surface area contributed by atoms with Crippen LogP contribution in [0, 0.1) is 0 Å². The van der Waals surface area contributed by atoms with Crippen LogP contribution in [0.1, 0.15) is 10.9 Å². The first-order valence-corrected chi connectivity index (χ1v) is 6.06. The van der Waals surface area contributed by atoms with Crippen molar-refractivity contribution in [1.82, 2.24) is 20.3 Å². The van der Waals surface area contributed by atoms with Crippen LogP contribution in [0.3, 0.4) is 0 Å². The van der Waals surface area contributed by atoms with Gasteiger partial charge in [-0.25, -0.2) is 0 Å². The van der Waals surface area contributed by atoms with E-state index in [4.69, 9.17) is 5.73 Å². The van der Waals surface area contributed by atoms with E-state index >= 15 is 0 Å². The summed E-state index contributed by atoms with van der Waals surface area (Å²) in [6, 6.07) is 3.14. The van der Waals surface area contributed by atoms with E-state index in [9.17, 15) is 4.79 Å². The van der Waals surface area contributed by atoms with Gasteiger partial charge in [0.05, 0.1) is 12.7 Å². The zero-order valence-corrected chi connectivity index (χ0v) is 9.93.